The Morgan fingerprint density at radius 2 is 1.77 bits per heavy atom. The van der Waals surface area contributed by atoms with Gasteiger partial charge in [0.1, 0.15) is 32.7 Å². The molecule has 2 N–H and O–H groups in total. The summed E-state index contributed by atoms with van der Waals surface area (Å²) >= 11 is 0. The fraction of sp³-hybridized carbons (Fsp3) is 0.391. The van der Waals surface area contributed by atoms with E-state index in [0.717, 1.165) is 55.5 Å². The molecule has 0 aliphatic carbocycles. The molecule has 7 heteroatoms. The van der Waals surface area contributed by atoms with Crippen molar-refractivity contribution in [3.63, 3.8) is 0 Å². The van der Waals surface area contributed by atoms with Crippen molar-refractivity contribution >= 4 is 17.5 Å². The Morgan fingerprint density at radius 3 is 2.57 bits per heavy atom. The molecule has 3 aliphatic heterocycles. The van der Waals surface area contributed by atoms with E-state index in [-0.39, 0.29) is 17.9 Å². The molecule has 2 aromatic rings. The highest BCUT2D eigenvalue weighted by atomic mass is 16.7. The van der Waals surface area contributed by atoms with Gasteiger partial charge in [0.05, 0.1) is 12.1 Å². The van der Waals surface area contributed by atoms with Crippen LogP contribution >= 0.6 is 0 Å². The fourth-order valence-corrected chi connectivity index (χ4v) is 4.81. The third kappa shape index (κ3) is 3.44. The SMILES string of the molecule is Cc1ccccc1N1C(=O)C[C@H]([NH+]2CC[NH+](Cc3ccc4c(c3)OCO4)CC2)C1=O. The molecule has 2 saturated heterocycles. The van der Waals surface area contributed by atoms with Crippen molar-refractivity contribution < 1.29 is 28.9 Å². The number of para-hydroxylation sites is 1. The maximum atomic E-state index is 13.1. The second kappa shape index (κ2) is 7.74. The van der Waals surface area contributed by atoms with Gasteiger partial charge in [0.2, 0.25) is 12.7 Å². The van der Waals surface area contributed by atoms with E-state index in [4.69, 9.17) is 9.47 Å². The Labute approximate surface area is 175 Å². The quantitative estimate of drug-likeness (QED) is 0.659. The highest BCUT2D eigenvalue weighted by molar-refractivity contribution is 6.22. The summed E-state index contributed by atoms with van der Waals surface area (Å²) in [6, 6.07) is 13.5. The number of aryl methyl sites for hydroxylation is 1. The van der Waals surface area contributed by atoms with Crippen LogP contribution in [-0.2, 0) is 16.1 Å². The lowest BCUT2D eigenvalue weighted by Gasteiger charge is -2.32. The minimum atomic E-state index is -0.260. The van der Waals surface area contributed by atoms with Crippen LogP contribution < -0.4 is 24.2 Å². The second-order valence-electron chi connectivity index (χ2n) is 8.38. The molecular weight excluding hydrogens is 382 g/mol. The normalized spacial score (nSPS) is 25.8. The number of imide groups is 1. The van der Waals surface area contributed by atoms with Crippen molar-refractivity contribution in [1.29, 1.82) is 0 Å². The van der Waals surface area contributed by atoms with Crippen LogP contribution in [0.15, 0.2) is 42.5 Å². The summed E-state index contributed by atoms with van der Waals surface area (Å²) in [4.78, 5) is 29.9. The van der Waals surface area contributed by atoms with Gasteiger partial charge in [-0.3, -0.25) is 9.59 Å². The van der Waals surface area contributed by atoms with Gasteiger partial charge in [0.15, 0.2) is 17.5 Å². The molecule has 156 valence electrons. The van der Waals surface area contributed by atoms with E-state index in [2.05, 4.69) is 12.1 Å². The van der Waals surface area contributed by atoms with Crippen molar-refractivity contribution in [3.05, 3.63) is 53.6 Å². The number of ether oxygens (including phenoxy) is 2. The Balaban J connectivity index is 1.21. The number of carbonyl (C=O) groups is 2. The number of nitrogens with zero attached hydrogens (tertiary/aromatic N) is 1. The third-order valence-electron chi connectivity index (χ3n) is 6.49. The Bertz CT molecular complexity index is 984. The molecule has 2 fully saturated rings. The van der Waals surface area contributed by atoms with E-state index >= 15 is 0 Å². The maximum Gasteiger partial charge on any atom is 0.292 e. The number of benzene rings is 2. The molecule has 3 aliphatic rings. The van der Waals surface area contributed by atoms with Crippen LogP contribution in [0, 0.1) is 6.92 Å². The summed E-state index contributed by atoms with van der Waals surface area (Å²) in [5.41, 5.74) is 2.91. The van der Waals surface area contributed by atoms with E-state index in [0.29, 0.717) is 13.2 Å². The van der Waals surface area contributed by atoms with Gasteiger partial charge in [-0.2, -0.15) is 0 Å². The number of nitrogens with one attached hydrogen (secondary N) is 2. The molecule has 7 nitrogen and oxygen atoms in total. The molecule has 30 heavy (non-hydrogen) atoms. The van der Waals surface area contributed by atoms with Gasteiger partial charge in [0.25, 0.3) is 5.91 Å². The van der Waals surface area contributed by atoms with Crippen LogP contribution in [0.3, 0.4) is 0 Å². The average Bonchev–Trinajstić information content (AvgIpc) is 3.33. The first-order valence-electron chi connectivity index (χ1n) is 10.6. The van der Waals surface area contributed by atoms with Crippen molar-refractivity contribution in [2.24, 2.45) is 0 Å². The predicted octanol–water partition coefficient (Wildman–Crippen LogP) is -0.661. The summed E-state index contributed by atoms with van der Waals surface area (Å²) in [5.74, 6) is 1.50. The number of amides is 2. The number of hydrogen-bond donors (Lipinski definition) is 2. The molecule has 1 atom stereocenters. The Kier molecular flexibility index (Phi) is 4.92. The molecule has 0 bridgehead atoms. The molecule has 0 saturated carbocycles. The number of hydrogen-bond acceptors (Lipinski definition) is 4. The van der Waals surface area contributed by atoms with Crippen LogP contribution in [0.5, 0.6) is 11.5 Å². The smallest absolute Gasteiger partial charge is 0.292 e. The number of carbonyl (C=O) groups excluding carboxylic acids is 2. The zero-order chi connectivity index (χ0) is 20.7. The van der Waals surface area contributed by atoms with Crippen molar-refractivity contribution in [2.75, 3.05) is 37.9 Å². The van der Waals surface area contributed by atoms with Crippen LogP contribution in [0.25, 0.3) is 0 Å². The van der Waals surface area contributed by atoms with Gasteiger partial charge in [-0.1, -0.05) is 18.2 Å². The number of rotatable bonds is 4. The lowest BCUT2D eigenvalue weighted by atomic mass is 10.1. The van der Waals surface area contributed by atoms with Crippen LogP contribution in [0.2, 0.25) is 0 Å². The van der Waals surface area contributed by atoms with E-state index in [9.17, 15) is 9.59 Å². The minimum Gasteiger partial charge on any atom is -0.454 e. The van der Waals surface area contributed by atoms with Gasteiger partial charge in [-0.05, 0) is 36.8 Å². The van der Waals surface area contributed by atoms with Gasteiger partial charge >= 0.3 is 0 Å². The number of fused-ring (bicyclic) bond motifs is 1. The Morgan fingerprint density at radius 1 is 1.00 bits per heavy atom. The summed E-state index contributed by atoms with van der Waals surface area (Å²) in [5, 5.41) is 0. The first kappa shape index (κ1) is 19.1. The number of anilines is 1. The van der Waals surface area contributed by atoms with Crippen LogP contribution in [-0.4, -0.2) is 50.8 Å². The molecule has 3 heterocycles. The molecule has 0 radical (unpaired) electrons. The number of quaternary nitrogens is 2. The highest BCUT2D eigenvalue weighted by Crippen LogP contribution is 2.32. The van der Waals surface area contributed by atoms with Crippen LogP contribution in [0.1, 0.15) is 17.5 Å². The predicted molar refractivity (Wildman–Crippen MR) is 110 cm³/mol. The lowest BCUT2D eigenvalue weighted by molar-refractivity contribution is -1.02. The molecule has 2 amide bonds. The molecule has 0 unspecified atom stereocenters. The largest absolute Gasteiger partial charge is 0.454 e. The lowest BCUT2D eigenvalue weighted by Crippen LogP contribution is -3.29. The summed E-state index contributed by atoms with van der Waals surface area (Å²) in [6.07, 6.45) is 0.306. The van der Waals surface area contributed by atoms with Crippen LogP contribution in [0.4, 0.5) is 5.69 Å². The van der Waals surface area contributed by atoms with Gasteiger partial charge in [0, 0.05) is 5.56 Å². The van der Waals surface area contributed by atoms with Gasteiger partial charge < -0.3 is 19.3 Å². The van der Waals surface area contributed by atoms with Crippen molar-refractivity contribution in [2.45, 2.75) is 25.9 Å². The van der Waals surface area contributed by atoms with Crippen molar-refractivity contribution in [1.82, 2.24) is 0 Å². The average molecular weight is 409 g/mol. The molecule has 0 aromatic heterocycles. The molecule has 0 spiro atoms. The fourth-order valence-electron chi connectivity index (χ4n) is 4.81. The van der Waals surface area contributed by atoms with Gasteiger partial charge in [-0.15, -0.1) is 0 Å². The first-order valence-corrected chi connectivity index (χ1v) is 10.6. The van der Waals surface area contributed by atoms with E-state index in [1.54, 1.807) is 0 Å². The molecule has 5 rings (SSSR count). The third-order valence-corrected chi connectivity index (χ3v) is 6.49. The van der Waals surface area contributed by atoms with E-state index < -0.39 is 0 Å². The van der Waals surface area contributed by atoms with Gasteiger partial charge in [-0.25, -0.2) is 4.90 Å². The zero-order valence-electron chi connectivity index (χ0n) is 17.1. The highest BCUT2D eigenvalue weighted by Gasteiger charge is 2.47. The first-order chi connectivity index (χ1) is 14.6. The molecule has 2 aromatic carbocycles. The van der Waals surface area contributed by atoms with E-state index in [1.807, 2.05) is 37.3 Å². The van der Waals surface area contributed by atoms with E-state index in [1.165, 1.54) is 20.3 Å². The standard InChI is InChI=1S/C23H25N3O4/c1-16-4-2-3-5-18(16)26-22(27)13-19(23(26)28)25-10-8-24(9-11-25)14-17-6-7-20-21(12-17)30-15-29-20/h2-7,12,19H,8-11,13-15H2,1H3/p+2/t19-/m0/s1. The summed E-state index contributed by atoms with van der Waals surface area (Å²) in [7, 11) is 0. The minimum absolute atomic E-state index is 0.0523. The maximum absolute atomic E-state index is 13.1. The van der Waals surface area contributed by atoms with Crippen molar-refractivity contribution in [3.8, 4) is 11.5 Å². The zero-order valence-corrected chi connectivity index (χ0v) is 17.1. The second-order valence-corrected chi connectivity index (χ2v) is 8.38. The summed E-state index contributed by atoms with van der Waals surface area (Å²) < 4.78 is 10.9. The summed E-state index contributed by atoms with van der Waals surface area (Å²) in [6.45, 7) is 6.90. The Hall–Kier alpha value is -2.90. The number of piperazine rings is 1. The topological polar surface area (TPSA) is 64.7 Å². The monoisotopic (exact) mass is 409 g/mol. The molecular formula is C23H27N3O4+2.